The Balaban J connectivity index is 2.62. The number of nitrogens with zero attached hydrogens (tertiary/aromatic N) is 1. The number of rotatable bonds is 5. The Bertz CT molecular complexity index is 341. The SMILES string of the molecule is CC1CCCCN1S(=O)(=O)NCC(C)(C)CO. The van der Waals surface area contributed by atoms with Crippen molar-refractivity contribution in [2.45, 2.75) is 46.1 Å². The molecule has 2 N–H and O–H groups in total. The van der Waals surface area contributed by atoms with Gasteiger partial charge in [-0.3, -0.25) is 0 Å². The van der Waals surface area contributed by atoms with Crippen molar-refractivity contribution in [1.29, 1.82) is 0 Å². The van der Waals surface area contributed by atoms with E-state index in [1.54, 1.807) is 0 Å². The monoisotopic (exact) mass is 264 g/mol. The van der Waals surface area contributed by atoms with Crippen LogP contribution >= 0.6 is 0 Å². The van der Waals surface area contributed by atoms with Crippen LogP contribution in [0.25, 0.3) is 0 Å². The summed E-state index contributed by atoms with van der Waals surface area (Å²) in [7, 11) is -3.40. The Kier molecular flexibility index (Phi) is 4.95. The van der Waals surface area contributed by atoms with Gasteiger partial charge in [-0.05, 0) is 19.8 Å². The first-order valence-corrected chi connectivity index (χ1v) is 7.60. The molecule has 1 saturated heterocycles. The van der Waals surface area contributed by atoms with Crippen molar-refractivity contribution in [3.63, 3.8) is 0 Å². The first-order valence-electron chi connectivity index (χ1n) is 6.16. The van der Waals surface area contributed by atoms with Gasteiger partial charge < -0.3 is 5.11 Å². The second-order valence-corrected chi connectivity index (χ2v) is 7.31. The summed E-state index contributed by atoms with van der Waals surface area (Å²) in [6.07, 6.45) is 2.94. The molecule has 1 atom stereocenters. The van der Waals surface area contributed by atoms with E-state index in [4.69, 9.17) is 5.11 Å². The summed E-state index contributed by atoms with van der Waals surface area (Å²) in [4.78, 5) is 0. The molecule has 0 bridgehead atoms. The fourth-order valence-electron chi connectivity index (χ4n) is 1.85. The molecule has 102 valence electrons. The van der Waals surface area contributed by atoms with Gasteiger partial charge in [-0.15, -0.1) is 0 Å². The Morgan fingerprint density at radius 3 is 2.59 bits per heavy atom. The predicted octanol–water partition coefficient (Wildman–Crippen LogP) is 0.714. The van der Waals surface area contributed by atoms with E-state index in [1.807, 2.05) is 20.8 Å². The van der Waals surface area contributed by atoms with Crippen LogP contribution in [0.4, 0.5) is 0 Å². The lowest BCUT2D eigenvalue weighted by Crippen LogP contribution is -2.50. The highest BCUT2D eigenvalue weighted by molar-refractivity contribution is 7.87. The third-order valence-electron chi connectivity index (χ3n) is 3.21. The van der Waals surface area contributed by atoms with Crippen LogP contribution < -0.4 is 4.72 Å². The molecule has 0 aromatic rings. The number of hydrogen-bond acceptors (Lipinski definition) is 3. The van der Waals surface area contributed by atoms with Crippen LogP contribution in [-0.4, -0.2) is 43.6 Å². The van der Waals surface area contributed by atoms with Crippen LogP contribution in [0.3, 0.4) is 0 Å². The van der Waals surface area contributed by atoms with Gasteiger partial charge >= 0.3 is 0 Å². The minimum absolute atomic E-state index is 0.0366. The first-order chi connectivity index (χ1) is 7.78. The van der Waals surface area contributed by atoms with E-state index >= 15 is 0 Å². The van der Waals surface area contributed by atoms with Crippen molar-refractivity contribution in [2.75, 3.05) is 19.7 Å². The number of aliphatic hydroxyl groups is 1. The number of piperidine rings is 1. The Morgan fingerprint density at radius 1 is 1.41 bits per heavy atom. The van der Waals surface area contributed by atoms with Gasteiger partial charge in [0.25, 0.3) is 10.2 Å². The van der Waals surface area contributed by atoms with Gasteiger partial charge in [-0.2, -0.15) is 12.7 Å². The molecule has 1 unspecified atom stereocenters. The average Bonchev–Trinajstić information content (AvgIpc) is 2.27. The molecule has 0 aliphatic carbocycles. The molecule has 0 spiro atoms. The molecule has 0 aromatic heterocycles. The van der Waals surface area contributed by atoms with E-state index in [0.717, 1.165) is 19.3 Å². The zero-order valence-corrected chi connectivity index (χ0v) is 11.8. The van der Waals surface area contributed by atoms with Crippen molar-refractivity contribution in [3.05, 3.63) is 0 Å². The van der Waals surface area contributed by atoms with Crippen LogP contribution in [0.15, 0.2) is 0 Å². The van der Waals surface area contributed by atoms with Crippen molar-refractivity contribution >= 4 is 10.2 Å². The van der Waals surface area contributed by atoms with Crippen molar-refractivity contribution in [2.24, 2.45) is 5.41 Å². The smallest absolute Gasteiger partial charge is 0.279 e. The Hall–Kier alpha value is -0.170. The lowest BCUT2D eigenvalue weighted by Gasteiger charge is -2.33. The molecular formula is C11H24N2O3S. The molecule has 0 aromatic carbocycles. The van der Waals surface area contributed by atoms with Crippen molar-refractivity contribution < 1.29 is 13.5 Å². The van der Waals surface area contributed by atoms with Gasteiger partial charge in [0, 0.05) is 31.2 Å². The quantitative estimate of drug-likeness (QED) is 0.768. The topological polar surface area (TPSA) is 69.6 Å². The van der Waals surface area contributed by atoms with Crippen LogP contribution in [0.5, 0.6) is 0 Å². The molecule has 1 fully saturated rings. The summed E-state index contributed by atoms with van der Waals surface area (Å²) in [5.41, 5.74) is -0.425. The van der Waals surface area contributed by atoms with Crippen molar-refractivity contribution in [3.8, 4) is 0 Å². The first kappa shape index (κ1) is 14.9. The fourth-order valence-corrected chi connectivity index (χ4v) is 3.54. The van der Waals surface area contributed by atoms with E-state index < -0.39 is 15.6 Å². The normalized spacial score (nSPS) is 23.9. The molecule has 17 heavy (non-hydrogen) atoms. The van der Waals surface area contributed by atoms with Gasteiger partial charge in [0.15, 0.2) is 0 Å². The number of nitrogens with one attached hydrogen (secondary N) is 1. The maximum Gasteiger partial charge on any atom is 0.279 e. The van der Waals surface area contributed by atoms with Gasteiger partial charge in [-0.1, -0.05) is 20.3 Å². The molecule has 0 saturated carbocycles. The summed E-state index contributed by atoms with van der Waals surface area (Å²) >= 11 is 0. The third-order valence-corrected chi connectivity index (χ3v) is 4.88. The van der Waals surface area contributed by atoms with Crippen LogP contribution in [-0.2, 0) is 10.2 Å². The minimum atomic E-state index is -3.40. The van der Waals surface area contributed by atoms with E-state index in [1.165, 1.54) is 4.31 Å². The van der Waals surface area contributed by atoms with Gasteiger partial charge in [-0.25, -0.2) is 4.72 Å². The average molecular weight is 264 g/mol. The van der Waals surface area contributed by atoms with Gasteiger partial charge in [0.2, 0.25) is 0 Å². The second-order valence-electron chi connectivity index (χ2n) is 5.60. The standard InChI is InChI=1S/C11H24N2O3S/c1-10-6-4-5-7-13(10)17(15,16)12-8-11(2,3)9-14/h10,12,14H,4-9H2,1-3H3. The van der Waals surface area contributed by atoms with Gasteiger partial charge in [0.05, 0.1) is 0 Å². The molecule has 1 aliphatic rings. The number of aliphatic hydroxyl groups excluding tert-OH is 1. The molecule has 6 heteroatoms. The fraction of sp³-hybridized carbons (Fsp3) is 1.00. The molecule has 0 amide bonds. The lowest BCUT2D eigenvalue weighted by atomic mass is 9.96. The zero-order valence-electron chi connectivity index (χ0n) is 10.9. The summed E-state index contributed by atoms with van der Waals surface area (Å²) in [6.45, 7) is 6.41. The lowest BCUT2D eigenvalue weighted by molar-refractivity contribution is 0.161. The van der Waals surface area contributed by atoms with Gasteiger partial charge in [0.1, 0.15) is 0 Å². The maximum atomic E-state index is 12.1. The van der Waals surface area contributed by atoms with Crippen LogP contribution in [0.2, 0.25) is 0 Å². The third kappa shape index (κ3) is 4.21. The summed E-state index contributed by atoms with van der Waals surface area (Å²) < 4.78 is 28.3. The van der Waals surface area contributed by atoms with Crippen LogP contribution in [0.1, 0.15) is 40.0 Å². The Labute approximate surface area is 104 Å². The maximum absolute atomic E-state index is 12.1. The molecule has 5 nitrogen and oxygen atoms in total. The predicted molar refractivity (Wildman–Crippen MR) is 67.8 cm³/mol. The molecule has 1 aliphatic heterocycles. The number of hydrogen-bond donors (Lipinski definition) is 2. The molecule has 0 radical (unpaired) electrons. The van der Waals surface area contributed by atoms with Crippen LogP contribution in [0, 0.1) is 5.41 Å². The molecule has 1 heterocycles. The molecular weight excluding hydrogens is 240 g/mol. The highest BCUT2D eigenvalue weighted by Crippen LogP contribution is 2.20. The zero-order chi connectivity index (χ0) is 13.1. The van der Waals surface area contributed by atoms with E-state index in [2.05, 4.69) is 4.72 Å². The van der Waals surface area contributed by atoms with E-state index in [-0.39, 0.29) is 19.2 Å². The largest absolute Gasteiger partial charge is 0.396 e. The highest BCUT2D eigenvalue weighted by Gasteiger charge is 2.30. The van der Waals surface area contributed by atoms with E-state index in [0.29, 0.717) is 6.54 Å². The van der Waals surface area contributed by atoms with E-state index in [9.17, 15) is 8.42 Å². The minimum Gasteiger partial charge on any atom is -0.396 e. The summed E-state index contributed by atoms with van der Waals surface area (Å²) in [5, 5.41) is 9.10. The highest BCUT2D eigenvalue weighted by atomic mass is 32.2. The second kappa shape index (κ2) is 5.65. The molecule has 1 rings (SSSR count). The summed E-state index contributed by atoms with van der Waals surface area (Å²) in [6, 6.07) is 0.0680. The Morgan fingerprint density at radius 2 is 2.06 bits per heavy atom. The summed E-state index contributed by atoms with van der Waals surface area (Å²) in [5.74, 6) is 0. The van der Waals surface area contributed by atoms with Crippen molar-refractivity contribution in [1.82, 2.24) is 9.03 Å².